The average Bonchev–Trinajstić information content (AvgIpc) is 2.88. The van der Waals surface area contributed by atoms with E-state index in [-0.39, 0.29) is 0 Å². The fourth-order valence-corrected chi connectivity index (χ4v) is 2.05. The van der Waals surface area contributed by atoms with Crippen LogP contribution in [-0.4, -0.2) is 26.5 Å². The number of hydrogen-bond donors (Lipinski definition) is 1. The van der Waals surface area contributed by atoms with Gasteiger partial charge in [-0.2, -0.15) is 5.10 Å². The van der Waals surface area contributed by atoms with Crippen LogP contribution in [0.1, 0.15) is 31.4 Å². The largest absolute Gasteiger partial charge is 0.368 e. The van der Waals surface area contributed by atoms with Gasteiger partial charge in [-0.05, 0) is 44.4 Å². The van der Waals surface area contributed by atoms with Crippen LogP contribution in [0.4, 0.5) is 5.82 Å². The zero-order valence-corrected chi connectivity index (χ0v) is 12.1. The predicted octanol–water partition coefficient (Wildman–Crippen LogP) is 2.80. The number of anilines is 1. The normalized spacial score (nSPS) is 10.7. The van der Waals surface area contributed by atoms with Crippen molar-refractivity contribution in [2.75, 3.05) is 11.9 Å². The summed E-state index contributed by atoms with van der Waals surface area (Å²) in [7, 11) is 0. The van der Waals surface area contributed by atoms with E-state index in [0.717, 1.165) is 47.8 Å². The lowest BCUT2D eigenvalue weighted by atomic mass is 10.1. The van der Waals surface area contributed by atoms with Gasteiger partial charge >= 0.3 is 0 Å². The topological polar surface area (TPSA) is 55.6 Å². The van der Waals surface area contributed by atoms with Gasteiger partial charge in [0.2, 0.25) is 0 Å². The third-order valence-electron chi connectivity index (χ3n) is 3.32. The van der Waals surface area contributed by atoms with Crippen molar-refractivity contribution in [1.82, 2.24) is 20.0 Å². The van der Waals surface area contributed by atoms with Crippen LogP contribution in [0.2, 0.25) is 0 Å². The fraction of sp³-hybridized carbons (Fsp3) is 0.500. The van der Waals surface area contributed by atoms with Crippen molar-refractivity contribution in [3.8, 4) is 11.4 Å². The summed E-state index contributed by atoms with van der Waals surface area (Å²) in [6, 6.07) is 1.99. The molecule has 19 heavy (non-hydrogen) atoms. The van der Waals surface area contributed by atoms with Crippen LogP contribution in [-0.2, 0) is 6.54 Å². The van der Waals surface area contributed by atoms with Gasteiger partial charge < -0.3 is 5.32 Å². The Hall–Kier alpha value is -1.91. The number of nitrogens with one attached hydrogen (secondary N) is 1. The summed E-state index contributed by atoms with van der Waals surface area (Å²) in [6.45, 7) is 10.1. The van der Waals surface area contributed by atoms with Gasteiger partial charge in [-0.1, -0.05) is 6.92 Å². The number of aromatic nitrogens is 4. The van der Waals surface area contributed by atoms with E-state index in [1.54, 1.807) is 6.20 Å². The molecular weight excluding hydrogens is 238 g/mol. The smallest absolute Gasteiger partial charge is 0.151 e. The molecule has 102 valence electrons. The molecule has 2 aromatic heterocycles. The van der Waals surface area contributed by atoms with Crippen LogP contribution in [0.5, 0.6) is 0 Å². The van der Waals surface area contributed by atoms with E-state index in [9.17, 15) is 0 Å². The molecule has 0 radical (unpaired) electrons. The van der Waals surface area contributed by atoms with Crippen LogP contribution in [0, 0.1) is 13.8 Å². The van der Waals surface area contributed by atoms with Crippen molar-refractivity contribution in [1.29, 1.82) is 0 Å². The van der Waals surface area contributed by atoms with Crippen LogP contribution in [0.15, 0.2) is 12.3 Å². The Balaban J connectivity index is 2.41. The monoisotopic (exact) mass is 259 g/mol. The Bertz CT molecular complexity index is 559. The van der Waals surface area contributed by atoms with Crippen molar-refractivity contribution < 1.29 is 0 Å². The van der Waals surface area contributed by atoms with E-state index < -0.39 is 0 Å². The van der Waals surface area contributed by atoms with Gasteiger partial charge in [-0.15, -0.1) is 10.2 Å². The first kappa shape index (κ1) is 13.5. The average molecular weight is 259 g/mol. The molecule has 0 aliphatic rings. The quantitative estimate of drug-likeness (QED) is 0.897. The maximum absolute atomic E-state index is 4.37. The Labute approximate surface area is 114 Å². The van der Waals surface area contributed by atoms with E-state index in [1.165, 1.54) is 0 Å². The third kappa shape index (κ3) is 2.59. The highest BCUT2D eigenvalue weighted by atomic mass is 15.3. The minimum Gasteiger partial charge on any atom is -0.368 e. The molecule has 0 spiro atoms. The standard InChI is InChI=1S/C14H21N5/c1-5-8-15-14-11(4)10(3)13(17-18-14)12-7-9-16-19(12)6-2/h7,9H,5-6,8H2,1-4H3,(H,15,18). The number of nitrogens with zero attached hydrogens (tertiary/aromatic N) is 4. The molecule has 5 nitrogen and oxygen atoms in total. The first-order chi connectivity index (χ1) is 9.19. The summed E-state index contributed by atoms with van der Waals surface area (Å²) < 4.78 is 1.94. The maximum Gasteiger partial charge on any atom is 0.151 e. The molecule has 0 atom stereocenters. The Morgan fingerprint density at radius 3 is 2.63 bits per heavy atom. The van der Waals surface area contributed by atoms with Gasteiger partial charge in [0.25, 0.3) is 0 Å². The Kier molecular flexibility index (Phi) is 4.14. The molecule has 0 aliphatic heterocycles. The molecule has 1 N–H and O–H groups in total. The summed E-state index contributed by atoms with van der Waals surface area (Å²) in [5, 5.41) is 16.3. The SMILES string of the molecule is CCCNc1nnc(-c2ccnn2CC)c(C)c1C. The minimum absolute atomic E-state index is 0.832. The molecular formula is C14H21N5. The number of hydrogen-bond acceptors (Lipinski definition) is 4. The molecule has 0 aromatic carbocycles. The molecule has 5 heteroatoms. The first-order valence-corrected chi connectivity index (χ1v) is 6.79. The summed E-state index contributed by atoms with van der Waals surface area (Å²) >= 11 is 0. The van der Waals surface area contributed by atoms with Crippen LogP contribution >= 0.6 is 0 Å². The van der Waals surface area contributed by atoms with E-state index in [4.69, 9.17) is 0 Å². The second-order valence-electron chi connectivity index (χ2n) is 4.61. The molecule has 0 saturated heterocycles. The summed E-state index contributed by atoms with van der Waals surface area (Å²) in [6.07, 6.45) is 2.88. The zero-order chi connectivity index (χ0) is 13.8. The molecule has 0 saturated carbocycles. The highest BCUT2D eigenvalue weighted by Gasteiger charge is 2.14. The maximum atomic E-state index is 4.37. The molecule has 0 aliphatic carbocycles. The lowest BCUT2D eigenvalue weighted by Crippen LogP contribution is -2.09. The zero-order valence-electron chi connectivity index (χ0n) is 12.1. The van der Waals surface area contributed by atoms with Gasteiger partial charge in [0.1, 0.15) is 5.69 Å². The van der Waals surface area contributed by atoms with Crippen molar-refractivity contribution in [2.24, 2.45) is 0 Å². The van der Waals surface area contributed by atoms with E-state index in [2.05, 4.69) is 48.3 Å². The molecule has 0 amide bonds. The summed E-state index contributed by atoms with van der Waals surface area (Å²) in [5.41, 5.74) is 4.25. The van der Waals surface area contributed by atoms with Crippen molar-refractivity contribution in [3.63, 3.8) is 0 Å². The number of rotatable bonds is 5. The van der Waals surface area contributed by atoms with Crippen LogP contribution in [0.25, 0.3) is 11.4 Å². The van der Waals surface area contributed by atoms with E-state index in [1.807, 2.05) is 10.7 Å². The molecule has 0 fully saturated rings. The van der Waals surface area contributed by atoms with Crippen molar-refractivity contribution >= 4 is 5.82 Å². The molecule has 2 heterocycles. The molecule has 2 rings (SSSR count). The highest BCUT2D eigenvalue weighted by Crippen LogP contribution is 2.25. The molecule has 0 unspecified atom stereocenters. The van der Waals surface area contributed by atoms with Gasteiger partial charge in [-0.25, -0.2) is 0 Å². The lowest BCUT2D eigenvalue weighted by Gasteiger charge is -2.12. The summed E-state index contributed by atoms with van der Waals surface area (Å²) in [4.78, 5) is 0. The second-order valence-corrected chi connectivity index (χ2v) is 4.61. The van der Waals surface area contributed by atoms with Gasteiger partial charge in [-0.3, -0.25) is 4.68 Å². The Morgan fingerprint density at radius 1 is 1.16 bits per heavy atom. The first-order valence-electron chi connectivity index (χ1n) is 6.79. The summed E-state index contributed by atoms with van der Waals surface area (Å²) in [5.74, 6) is 0.880. The second kappa shape index (κ2) is 5.82. The van der Waals surface area contributed by atoms with Gasteiger partial charge in [0, 0.05) is 19.3 Å². The Morgan fingerprint density at radius 2 is 1.95 bits per heavy atom. The van der Waals surface area contributed by atoms with Gasteiger partial charge in [0.15, 0.2) is 5.82 Å². The van der Waals surface area contributed by atoms with E-state index in [0.29, 0.717) is 0 Å². The van der Waals surface area contributed by atoms with Crippen molar-refractivity contribution in [2.45, 2.75) is 40.7 Å². The molecule has 2 aromatic rings. The van der Waals surface area contributed by atoms with Gasteiger partial charge in [0.05, 0.1) is 5.69 Å². The number of aryl methyl sites for hydroxylation is 1. The third-order valence-corrected chi connectivity index (χ3v) is 3.32. The minimum atomic E-state index is 0.832. The molecule has 0 bridgehead atoms. The van der Waals surface area contributed by atoms with Crippen LogP contribution < -0.4 is 5.32 Å². The lowest BCUT2D eigenvalue weighted by molar-refractivity contribution is 0.664. The predicted molar refractivity (Wildman–Crippen MR) is 77.2 cm³/mol. The van der Waals surface area contributed by atoms with Crippen LogP contribution in [0.3, 0.4) is 0 Å². The van der Waals surface area contributed by atoms with Crippen molar-refractivity contribution in [3.05, 3.63) is 23.4 Å². The van der Waals surface area contributed by atoms with E-state index >= 15 is 0 Å². The fourth-order valence-electron chi connectivity index (χ4n) is 2.05. The highest BCUT2D eigenvalue weighted by molar-refractivity contribution is 5.63.